The highest BCUT2D eigenvalue weighted by atomic mass is 79.9. The summed E-state index contributed by atoms with van der Waals surface area (Å²) in [5, 5.41) is 0. The van der Waals surface area contributed by atoms with Gasteiger partial charge in [-0.25, -0.2) is 0 Å². The highest BCUT2D eigenvalue weighted by Gasteiger charge is 2.01. The molecule has 0 aliphatic carbocycles. The molecule has 11 heavy (non-hydrogen) atoms. The lowest BCUT2D eigenvalue weighted by molar-refractivity contribution is 1.12. The molecule has 1 aromatic heterocycles. The van der Waals surface area contributed by atoms with Gasteiger partial charge in [0.15, 0.2) is 0 Å². The predicted octanol–water partition coefficient (Wildman–Crippen LogP) is 2.73. The van der Waals surface area contributed by atoms with Gasteiger partial charge in [-0.15, -0.1) is 23.4 Å². The van der Waals surface area contributed by atoms with Crippen LogP contribution < -0.4 is 0 Å². The predicted molar refractivity (Wildman–Crippen MR) is 55.1 cm³/mol. The van der Waals surface area contributed by atoms with Crippen molar-refractivity contribution in [3.63, 3.8) is 0 Å². The van der Waals surface area contributed by atoms with Crippen molar-refractivity contribution in [1.29, 1.82) is 0 Å². The summed E-state index contributed by atoms with van der Waals surface area (Å²) in [6.07, 6.45) is 6.89. The highest BCUT2D eigenvalue weighted by molar-refractivity contribution is 9.09. The minimum atomic E-state index is -0.0614. The van der Waals surface area contributed by atoms with Crippen molar-refractivity contribution in [2.75, 3.05) is 0 Å². The molecular weight excluding hydrogens is 270 g/mol. The number of rotatable bonds is 1. The van der Waals surface area contributed by atoms with Crippen LogP contribution in [0, 0.1) is 12.3 Å². The van der Waals surface area contributed by atoms with Crippen LogP contribution in [0.25, 0.3) is 0 Å². The first kappa shape index (κ1) is 10.7. The molecule has 0 aromatic carbocycles. The third-order valence-corrected chi connectivity index (χ3v) is 1.83. The van der Waals surface area contributed by atoms with Crippen molar-refractivity contribution in [1.82, 2.24) is 4.98 Å². The second-order valence-electron chi connectivity index (χ2n) is 1.78. The molecule has 0 radical (unpaired) electrons. The molecule has 0 aliphatic heterocycles. The van der Waals surface area contributed by atoms with E-state index < -0.39 is 0 Å². The van der Waals surface area contributed by atoms with E-state index in [1.165, 1.54) is 0 Å². The van der Waals surface area contributed by atoms with Gasteiger partial charge < -0.3 is 0 Å². The van der Waals surface area contributed by atoms with Crippen molar-refractivity contribution in [2.45, 2.75) is 4.83 Å². The highest BCUT2D eigenvalue weighted by Crippen LogP contribution is 2.17. The summed E-state index contributed by atoms with van der Waals surface area (Å²) < 4.78 is 0. The molecule has 0 spiro atoms. The van der Waals surface area contributed by atoms with E-state index in [1.54, 1.807) is 6.20 Å². The Balaban J connectivity index is 0.000001000. The van der Waals surface area contributed by atoms with Gasteiger partial charge in [-0.3, -0.25) is 4.98 Å². The molecule has 1 unspecified atom stereocenters. The molecular formula is C8H7Br2N. The fraction of sp³-hybridized carbons (Fsp3) is 0.125. The number of hydrogen-bond acceptors (Lipinski definition) is 1. The Morgan fingerprint density at radius 3 is 2.73 bits per heavy atom. The van der Waals surface area contributed by atoms with Gasteiger partial charge in [-0.2, -0.15) is 0 Å². The Kier molecular flexibility index (Phi) is 5.18. The zero-order chi connectivity index (χ0) is 7.40. The van der Waals surface area contributed by atoms with Gasteiger partial charge >= 0.3 is 0 Å². The zero-order valence-corrected chi connectivity index (χ0v) is 9.00. The lowest BCUT2D eigenvalue weighted by Gasteiger charge is -1.98. The van der Waals surface area contributed by atoms with Crippen molar-refractivity contribution in [3.8, 4) is 12.3 Å². The maximum Gasteiger partial charge on any atom is 0.117 e. The Morgan fingerprint density at radius 1 is 1.55 bits per heavy atom. The van der Waals surface area contributed by atoms with E-state index >= 15 is 0 Å². The van der Waals surface area contributed by atoms with Crippen molar-refractivity contribution in [2.24, 2.45) is 0 Å². The van der Waals surface area contributed by atoms with E-state index in [-0.39, 0.29) is 21.8 Å². The lowest BCUT2D eigenvalue weighted by Crippen LogP contribution is -1.87. The first-order valence-electron chi connectivity index (χ1n) is 2.85. The summed E-state index contributed by atoms with van der Waals surface area (Å²) in [7, 11) is 0. The van der Waals surface area contributed by atoms with Gasteiger partial charge in [0.05, 0.1) is 5.69 Å². The fourth-order valence-electron chi connectivity index (χ4n) is 0.611. The summed E-state index contributed by atoms with van der Waals surface area (Å²) in [6.45, 7) is 0. The number of aromatic nitrogens is 1. The van der Waals surface area contributed by atoms with Gasteiger partial charge in [-0.1, -0.05) is 27.9 Å². The third kappa shape index (κ3) is 3.04. The molecule has 1 nitrogen and oxygen atoms in total. The van der Waals surface area contributed by atoms with E-state index in [2.05, 4.69) is 26.8 Å². The van der Waals surface area contributed by atoms with E-state index in [0.717, 1.165) is 5.69 Å². The van der Waals surface area contributed by atoms with Crippen LogP contribution in [0.4, 0.5) is 0 Å². The van der Waals surface area contributed by atoms with Crippen molar-refractivity contribution < 1.29 is 0 Å². The average molecular weight is 277 g/mol. The SMILES string of the molecule is Br.C#CC(Br)c1ccccn1. The van der Waals surface area contributed by atoms with E-state index in [4.69, 9.17) is 6.42 Å². The van der Waals surface area contributed by atoms with Crippen molar-refractivity contribution >= 4 is 32.9 Å². The Morgan fingerprint density at radius 2 is 2.27 bits per heavy atom. The third-order valence-electron chi connectivity index (χ3n) is 1.09. The van der Waals surface area contributed by atoms with Crippen LogP contribution in [0.3, 0.4) is 0 Å². The minimum absolute atomic E-state index is 0. The summed E-state index contributed by atoms with van der Waals surface area (Å²) in [5.74, 6) is 2.54. The van der Waals surface area contributed by atoms with E-state index in [1.807, 2.05) is 18.2 Å². The molecule has 0 aliphatic rings. The molecule has 1 rings (SSSR count). The second kappa shape index (κ2) is 5.34. The number of nitrogens with zero attached hydrogens (tertiary/aromatic N) is 1. The second-order valence-corrected chi connectivity index (χ2v) is 2.70. The van der Waals surface area contributed by atoms with E-state index in [9.17, 15) is 0 Å². The topological polar surface area (TPSA) is 12.9 Å². The molecule has 0 saturated heterocycles. The molecule has 0 N–H and O–H groups in total. The van der Waals surface area contributed by atoms with Crippen LogP contribution >= 0.6 is 32.9 Å². The number of alkyl halides is 1. The molecule has 1 aromatic rings. The molecule has 0 fully saturated rings. The van der Waals surface area contributed by atoms with Gasteiger partial charge in [0, 0.05) is 6.20 Å². The van der Waals surface area contributed by atoms with E-state index in [0.29, 0.717) is 0 Å². The normalized spacial score (nSPS) is 10.9. The summed E-state index contributed by atoms with van der Waals surface area (Å²) in [4.78, 5) is 4.00. The van der Waals surface area contributed by atoms with Crippen LogP contribution in [0.5, 0.6) is 0 Å². The lowest BCUT2D eigenvalue weighted by atomic mass is 10.3. The fourth-order valence-corrected chi connectivity index (χ4v) is 0.882. The van der Waals surface area contributed by atoms with Crippen LogP contribution in [-0.2, 0) is 0 Å². The first-order valence-corrected chi connectivity index (χ1v) is 3.77. The summed E-state index contributed by atoms with van der Waals surface area (Å²) in [6, 6.07) is 5.66. The van der Waals surface area contributed by atoms with Gasteiger partial charge in [-0.05, 0) is 12.1 Å². The minimum Gasteiger partial charge on any atom is -0.259 e. The first-order chi connectivity index (χ1) is 4.84. The van der Waals surface area contributed by atoms with Crippen LogP contribution in [-0.4, -0.2) is 4.98 Å². The number of hydrogen-bond donors (Lipinski definition) is 0. The largest absolute Gasteiger partial charge is 0.259 e. The quantitative estimate of drug-likeness (QED) is 0.568. The molecule has 3 heteroatoms. The Bertz CT molecular complexity index is 240. The van der Waals surface area contributed by atoms with Crippen LogP contribution in [0.2, 0.25) is 0 Å². The van der Waals surface area contributed by atoms with Crippen LogP contribution in [0.1, 0.15) is 10.5 Å². The summed E-state index contributed by atoms with van der Waals surface area (Å²) >= 11 is 3.29. The smallest absolute Gasteiger partial charge is 0.117 e. The maximum atomic E-state index is 5.17. The van der Waals surface area contributed by atoms with Crippen molar-refractivity contribution in [3.05, 3.63) is 30.1 Å². The average Bonchev–Trinajstić information content (AvgIpc) is 2.05. The Hall–Kier alpha value is -0.330. The molecule has 1 heterocycles. The Labute approximate surface area is 85.1 Å². The summed E-state index contributed by atoms with van der Waals surface area (Å²) in [5.41, 5.74) is 0.880. The molecule has 0 amide bonds. The number of terminal acetylenes is 1. The molecule has 58 valence electrons. The van der Waals surface area contributed by atoms with Gasteiger partial charge in [0.2, 0.25) is 0 Å². The molecule has 0 saturated carbocycles. The number of halogens is 2. The molecule has 1 atom stereocenters. The number of pyridine rings is 1. The van der Waals surface area contributed by atoms with Crippen LogP contribution in [0.15, 0.2) is 24.4 Å². The van der Waals surface area contributed by atoms with Gasteiger partial charge in [0.1, 0.15) is 4.83 Å². The standard InChI is InChI=1S/C8H6BrN.BrH/c1-2-7(9)8-5-3-4-6-10-8;/h1,3-7H;1H. The van der Waals surface area contributed by atoms with Gasteiger partial charge in [0.25, 0.3) is 0 Å². The zero-order valence-electron chi connectivity index (χ0n) is 5.70. The molecule has 0 bridgehead atoms. The monoisotopic (exact) mass is 275 g/mol. The maximum absolute atomic E-state index is 5.17.